The average Bonchev–Trinajstić information content (AvgIpc) is 3.22. The number of aromatic nitrogens is 4. The second-order valence-electron chi connectivity index (χ2n) is 5.63. The van der Waals surface area contributed by atoms with E-state index in [-0.39, 0.29) is 0 Å². The van der Waals surface area contributed by atoms with Crippen molar-refractivity contribution in [2.75, 3.05) is 12.5 Å². The number of hydrazine groups is 1. The molecule has 1 unspecified atom stereocenters. The molecule has 0 aliphatic heterocycles. The van der Waals surface area contributed by atoms with Crippen LogP contribution in [0.15, 0.2) is 6.20 Å². The molecule has 2 heterocycles. The zero-order valence-electron chi connectivity index (χ0n) is 12.2. The van der Waals surface area contributed by atoms with Gasteiger partial charge >= 0.3 is 0 Å². The molecule has 0 spiro atoms. The van der Waals surface area contributed by atoms with Crippen molar-refractivity contribution in [2.45, 2.75) is 32.4 Å². The third kappa shape index (κ3) is 2.34. The molecule has 0 amide bonds. The Morgan fingerprint density at radius 3 is 2.90 bits per heavy atom. The Bertz CT molecular complexity index is 616. The number of aryl methyl sites for hydroxylation is 1. The first kappa shape index (κ1) is 13.3. The minimum atomic E-state index is 0.565. The van der Waals surface area contributed by atoms with E-state index >= 15 is 0 Å². The van der Waals surface area contributed by atoms with Gasteiger partial charge in [-0.25, -0.2) is 15.8 Å². The van der Waals surface area contributed by atoms with Crippen LogP contribution in [0.25, 0.3) is 11.0 Å². The van der Waals surface area contributed by atoms with Gasteiger partial charge in [0.05, 0.1) is 18.1 Å². The van der Waals surface area contributed by atoms with Crippen LogP contribution in [0.5, 0.6) is 0 Å². The molecule has 1 atom stereocenters. The molecule has 0 saturated heterocycles. The Balaban J connectivity index is 1.88. The highest BCUT2D eigenvalue weighted by molar-refractivity contribution is 5.86. The second-order valence-corrected chi connectivity index (χ2v) is 5.63. The van der Waals surface area contributed by atoms with Crippen LogP contribution >= 0.6 is 0 Å². The first-order chi connectivity index (χ1) is 9.60. The molecular formula is C13H21N7. The molecule has 1 aliphatic rings. The van der Waals surface area contributed by atoms with Crippen molar-refractivity contribution < 1.29 is 0 Å². The highest BCUT2D eigenvalue weighted by Gasteiger charge is 2.30. The Labute approximate surface area is 118 Å². The molecule has 7 heteroatoms. The minimum Gasteiger partial charge on any atom is -0.308 e. The lowest BCUT2D eigenvalue weighted by atomic mass is 10.2. The molecule has 2 aromatic heterocycles. The summed E-state index contributed by atoms with van der Waals surface area (Å²) in [5.41, 5.74) is 3.44. The van der Waals surface area contributed by atoms with E-state index < -0.39 is 0 Å². The van der Waals surface area contributed by atoms with Gasteiger partial charge in [-0.3, -0.25) is 9.58 Å². The second kappa shape index (κ2) is 4.99. The number of anilines is 1. The molecule has 108 valence electrons. The number of rotatable bonds is 5. The Kier molecular flexibility index (Phi) is 3.31. The molecule has 1 aliphatic carbocycles. The minimum absolute atomic E-state index is 0.565. The van der Waals surface area contributed by atoms with Gasteiger partial charge in [0, 0.05) is 13.1 Å². The highest BCUT2D eigenvalue weighted by atomic mass is 15.3. The molecule has 0 bridgehead atoms. The standard InChI is InChI=1S/C13H21N7/c1-8(9-4-5-9)19(2)7-11-16-12(18-14)10-6-15-20(3)13(10)17-11/h6,8-9H,4-5,7,14H2,1-3H3,(H,16,17,18). The quantitative estimate of drug-likeness (QED) is 0.622. The summed E-state index contributed by atoms with van der Waals surface area (Å²) in [5.74, 6) is 7.78. The fraction of sp³-hybridized carbons (Fsp3) is 0.615. The third-order valence-corrected chi connectivity index (χ3v) is 4.17. The van der Waals surface area contributed by atoms with Gasteiger partial charge in [-0.15, -0.1) is 0 Å². The predicted molar refractivity (Wildman–Crippen MR) is 77.8 cm³/mol. The first-order valence-electron chi connectivity index (χ1n) is 6.95. The number of fused-ring (bicyclic) bond motifs is 1. The monoisotopic (exact) mass is 275 g/mol. The van der Waals surface area contributed by atoms with E-state index in [1.807, 2.05) is 7.05 Å². The molecule has 3 rings (SSSR count). The summed E-state index contributed by atoms with van der Waals surface area (Å²) < 4.78 is 1.74. The van der Waals surface area contributed by atoms with Gasteiger partial charge in [0.15, 0.2) is 11.5 Å². The van der Waals surface area contributed by atoms with E-state index in [0.29, 0.717) is 18.4 Å². The van der Waals surface area contributed by atoms with Crippen LogP contribution in [-0.4, -0.2) is 37.7 Å². The smallest absolute Gasteiger partial charge is 0.163 e. The summed E-state index contributed by atoms with van der Waals surface area (Å²) in [7, 11) is 3.99. The van der Waals surface area contributed by atoms with Crippen LogP contribution in [0, 0.1) is 5.92 Å². The van der Waals surface area contributed by atoms with Gasteiger partial charge in [-0.1, -0.05) is 0 Å². The van der Waals surface area contributed by atoms with E-state index in [2.05, 4.69) is 39.4 Å². The summed E-state index contributed by atoms with van der Waals surface area (Å²) in [5, 5.41) is 5.05. The third-order valence-electron chi connectivity index (χ3n) is 4.17. The summed E-state index contributed by atoms with van der Waals surface area (Å²) >= 11 is 0. The normalized spacial score (nSPS) is 16.9. The maximum Gasteiger partial charge on any atom is 0.163 e. The molecule has 3 N–H and O–H groups in total. The van der Waals surface area contributed by atoms with Crippen LogP contribution in [0.1, 0.15) is 25.6 Å². The molecule has 1 saturated carbocycles. The van der Waals surface area contributed by atoms with Gasteiger partial charge < -0.3 is 5.43 Å². The van der Waals surface area contributed by atoms with Crippen molar-refractivity contribution in [2.24, 2.45) is 18.8 Å². The molecule has 1 fully saturated rings. The van der Waals surface area contributed by atoms with Crippen molar-refractivity contribution >= 4 is 16.9 Å². The van der Waals surface area contributed by atoms with Gasteiger partial charge in [0.1, 0.15) is 5.82 Å². The molecule has 0 radical (unpaired) electrons. The van der Waals surface area contributed by atoms with Crippen molar-refractivity contribution in [3.8, 4) is 0 Å². The fourth-order valence-electron chi connectivity index (χ4n) is 2.55. The topological polar surface area (TPSA) is 84.9 Å². The Morgan fingerprint density at radius 1 is 1.50 bits per heavy atom. The fourth-order valence-corrected chi connectivity index (χ4v) is 2.55. The van der Waals surface area contributed by atoms with Gasteiger partial charge in [0.2, 0.25) is 0 Å². The molecule has 20 heavy (non-hydrogen) atoms. The number of hydrogen-bond acceptors (Lipinski definition) is 6. The number of nitrogens with one attached hydrogen (secondary N) is 1. The van der Waals surface area contributed by atoms with E-state index in [0.717, 1.165) is 22.8 Å². The lowest BCUT2D eigenvalue weighted by Crippen LogP contribution is -2.31. The maximum absolute atomic E-state index is 5.55. The summed E-state index contributed by atoms with van der Waals surface area (Å²) in [6.07, 6.45) is 4.40. The van der Waals surface area contributed by atoms with E-state index in [1.165, 1.54) is 12.8 Å². The Hall–Kier alpha value is -1.73. The zero-order valence-corrected chi connectivity index (χ0v) is 12.2. The van der Waals surface area contributed by atoms with Crippen molar-refractivity contribution in [1.82, 2.24) is 24.6 Å². The SMILES string of the molecule is CC(C1CC1)N(C)Cc1nc(NN)c2cnn(C)c2n1. The van der Waals surface area contributed by atoms with E-state index in [4.69, 9.17) is 5.84 Å². The maximum atomic E-state index is 5.55. The first-order valence-corrected chi connectivity index (χ1v) is 6.95. The summed E-state index contributed by atoms with van der Waals surface area (Å²) in [6.45, 7) is 2.98. The summed E-state index contributed by atoms with van der Waals surface area (Å²) in [6, 6.07) is 0.565. The zero-order chi connectivity index (χ0) is 14.3. The summed E-state index contributed by atoms with van der Waals surface area (Å²) in [4.78, 5) is 11.4. The van der Waals surface area contributed by atoms with Crippen LogP contribution in [0.4, 0.5) is 5.82 Å². The van der Waals surface area contributed by atoms with E-state index in [9.17, 15) is 0 Å². The number of nitrogens with zero attached hydrogens (tertiary/aromatic N) is 5. The highest BCUT2D eigenvalue weighted by Crippen LogP contribution is 2.35. The van der Waals surface area contributed by atoms with Crippen molar-refractivity contribution in [1.29, 1.82) is 0 Å². The average molecular weight is 275 g/mol. The number of nitrogen functional groups attached to an aromatic ring is 1. The Morgan fingerprint density at radius 2 is 2.25 bits per heavy atom. The van der Waals surface area contributed by atoms with Crippen LogP contribution < -0.4 is 11.3 Å². The van der Waals surface area contributed by atoms with E-state index in [1.54, 1.807) is 10.9 Å². The predicted octanol–water partition coefficient (Wildman–Crippen LogP) is 0.879. The van der Waals surface area contributed by atoms with Crippen LogP contribution in [-0.2, 0) is 13.6 Å². The van der Waals surface area contributed by atoms with Crippen molar-refractivity contribution in [3.63, 3.8) is 0 Å². The lowest BCUT2D eigenvalue weighted by molar-refractivity contribution is 0.221. The molecule has 2 aromatic rings. The molecule has 0 aromatic carbocycles. The van der Waals surface area contributed by atoms with Gasteiger partial charge in [-0.2, -0.15) is 5.10 Å². The molecular weight excluding hydrogens is 254 g/mol. The lowest BCUT2D eigenvalue weighted by Gasteiger charge is -2.23. The van der Waals surface area contributed by atoms with Crippen LogP contribution in [0.3, 0.4) is 0 Å². The number of nitrogens with two attached hydrogens (primary N) is 1. The van der Waals surface area contributed by atoms with Gasteiger partial charge in [-0.05, 0) is 32.7 Å². The van der Waals surface area contributed by atoms with Crippen molar-refractivity contribution in [3.05, 3.63) is 12.0 Å². The van der Waals surface area contributed by atoms with Gasteiger partial charge in [0.25, 0.3) is 0 Å². The molecule has 7 nitrogen and oxygen atoms in total. The largest absolute Gasteiger partial charge is 0.308 e. The van der Waals surface area contributed by atoms with Crippen LogP contribution in [0.2, 0.25) is 0 Å². The number of hydrogen-bond donors (Lipinski definition) is 2.